The highest BCUT2D eigenvalue weighted by Crippen LogP contribution is 2.11. The van der Waals surface area contributed by atoms with Crippen LogP contribution in [0, 0.1) is 0 Å². The Labute approximate surface area is 120 Å². The molecule has 0 amide bonds. The summed E-state index contributed by atoms with van der Waals surface area (Å²) in [6.07, 6.45) is 3.07. The molecule has 2 N–H and O–H groups in total. The first-order valence-electron chi connectivity index (χ1n) is 6.38. The van der Waals surface area contributed by atoms with Crippen LogP contribution >= 0.6 is 11.8 Å². The number of anilines is 1. The number of thioether (sulfide) groups is 1. The van der Waals surface area contributed by atoms with Crippen LogP contribution in [0.3, 0.4) is 0 Å². The quantitative estimate of drug-likeness (QED) is 0.840. The van der Waals surface area contributed by atoms with Gasteiger partial charge in [-0.15, -0.1) is 0 Å². The number of imidazole rings is 1. The van der Waals surface area contributed by atoms with Gasteiger partial charge in [0, 0.05) is 25.9 Å². The SMILES string of the molecule is CSC(C)CCNc1nc2c([nH]1)c(=O)n(C)c(=O)n2C. The number of nitrogens with zero attached hydrogens (tertiary/aromatic N) is 3. The summed E-state index contributed by atoms with van der Waals surface area (Å²) in [6, 6.07) is 0. The molecule has 0 aliphatic rings. The smallest absolute Gasteiger partial charge is 0.332 e. The number of hydrogen-bond acceptors (Lipinski definition) is 5. The van der Waals surface area contributed by atoms with E-state index in [-0.39, 0.29) is 11.2 Å². The summed E-state index contributed by atoms with van der Waals surface area (Å²) in [4.78, 5) is 31.0. The summed E-state index contributed by atoms with van der Waals surface area (Å²) in [7, 11) is 3.06. The van der Waals surface area contributed by atoms with Crippen molar-refractivity contribution in [3.8, 4) is 0 Å². The predicted octanol–water partition coefficient (Wildman–Crippen LogP) is 0.514. The Morgan fingerprint density at radius 3 is 2.70 bits per heavy atom. The molecule has 2 aromatic rings. The predicted molar refractivity (Wildman–Crippen MR) is 82.7 cm³/mol. The number of nitrogens with one attached hydrogen (secondary N) is 2. The molecule has 2 heterocycles. The topological polar surface area (TPSA) is 84.7 Å². The zero-order chi connectivity index (χ0) is 14.9. The van der Waals surface area contributed by atoms with Crippen LogP contribution < -0.4 is 16.6 Å². The molecule has 0 aliphatic heterocycles. The van der Waals surface area contributed by atoms with Crippen LogP contribution in [-0.2, 0) is 14.1 Å². The summed E-state index contributed by atoms with van der Waals surface area (Å²) in [5, 5.41) is 3.71. The summed E-state index contributed by atoms with van der Waals surface area (Å²) in [5.41, 5.74) is -0.0220. The van der Waals surface area contributed by atoms with Crippen molar-refractivity contribution in [2.45, 2.75) is 18.6 Å². The number of fused-ring (bicyclic) bond motifs is 1. The molecule has 2 rings (SSSR count). The molecule has 0 aliphatic carbocycles. The highest BCUT2D eigenvalue weighted by atomic mass is 32.2. The van der Waals surface area contributed by atoms with Gasteiger partial charge in [-0.25, -0.2) is 4.79 Å². The van der Waals surface area contributed by atoms with Crippen LogP contribution in [0.25, 0.3) is 11.2 Å². The molecule has 0 fully saturated rings. The van der Waals surface area contributed by atoms with Gasteiger partial charge in [-0.1, -0.05) is 6.92 Å². The van der Waals surface area contributed by atoms with Gasteiger partial charge in [-0.2, -0.15) is 16.7 Å². The highest BCUT2D eigenvalue weighted by molar-refractivity contribution is 7.99. The maximum atomic E-state index is 12.0. The van der Waals surface area contributed by atoms with Gasteiger partial charge in [0.25, 0.3) is 5.56 Å². The molecule has 0 saturated heterocycles. The fourth-order valence-corrected chi connectivity index (χ4v) is 2.28. The monoisotopic (exact) mass is 297 g/mol. The number of aryl methyl sites for hydroxylation is 1. The average molecular weight is 297 g/mol. The molecule has 0 saturated carbocycles. The highest BCUT2D eigenvalue weighted by Gasteiger charge is 2.13. The molecule has 7 nitrogen and oxygen atoms in total. The second kappa shape index (κ2) is 5.74. The minimum absolute atomic E-state index is 0.343. The van der Waals surface area contributed by atoms with E-state index in [0.717, 1.165) is 17.5 Å². The second-order valence-electron chi connectivity index (χ2n) is 4.75. The average Bonchev–Trinajstić information content (AvgIpc) is 2.87. The Kier molecular flexibility index (Phi) is 4.22. The summed E-state index contributed by atoms with van der Waals surface area (Å²) in [6.45, 7) is 2.92. The largest absolute Gasteiger partial charge is 0.356 e. The van der Waals surface area contributed by atoms with Crippen molar-refractivity contribution >= 4 is 28.9 Å². The molecule has 0 bridgehead atoms. The van der Waals surface area contributed by atoms with E-state index in [0.29, 0.717) is 22.4 Å². The van der Waals surface area contributed by atoms with Gasteiger partial charge >= 0.3 is 5.69 Å². The normalized spacial score (nSPS) is 12.8. The van der Waals surface area contributed by atoms with E-state index >= 15 is 0 Å². The van der Waals surface area contributed by atoms with Gasteiger partial charge in [0.2, 0.25) is 5.95 Å². The van der Waals surface area contributed by atoms with Crippen molar-refractivity contribution in [2.24, 2.45) is 14.1 Å². The molecule has 110 valence electrons. The van der Waals surface area contributed by atoms with E-state index in [1.54, 1.807) is 18.8 Å². The van der Waals surface area contributed by atoms with E-state index < -0.39 is 0 Å². The third kappa shape index (κ3) is 2.60. The molecule has 0 spiro atoms. The minimum atomic E-state index is -0.378. The first-order chi connectivity index (χ1) is 9.45. The van der Waals surface area contributed by atoms with Crippen molar-refractivity contribution in [3.05, 3.63) is 20.8 Å². The molecule has 0 radical (unpaired) electrons. The van der Waals surface area contributed by atoms with Gasteiger partial charge in [-0.3, -0.25) is 13.9 Å². The number of H-pyrrole nitrogens is 1. The van der Waals surface area contributed by atoms with Crippen LogP contribution in [0.1, 0.15) is 13.3 Å². The molecule has 20 heavy (non-hydrogen) atoms. The number of hydrogen-bond donors (Lipinski definition) is 2. The van der Waals surface area contributed by atoms with Crippen LogP contribution in [-0.4, -0.2) is 37.2 Å². The Morgan fingerprint density at radius 2 is 2.05 bits per heavy atom. The van der Waals surface area contributed by atoms with E-state index in [4.69, 9.17) is 0 Å². The van der Waals surface area contributed by atoms with Crippen molar-refractivity contribution < 1.29 is 0 Å². The molecule has 1 unspecified atom stereocenters. The second-order valence-corrected chi connectivity index (χ2v) is 6.03. The summed E-state index contributed by atoms with van der Waals surface area (Å²) < 4.78 is 2.43. The lowest BCUT2D eigenvalue weighted by Gasteiger charge is -2.07. The first kappa shape index (κ1) is 14.7. The Hall–Kier alpha value is -1.70. The molecule has 2 aromatic heterocycles. The van der Waals surface area contributed by atoms with Gasteiger partial charge in [-0.05, 0) is 12.7 Å². The van der Waals surface area contributed by atoms with Crippen molar-refractivity contribution in [2.75, 3.05) is 18.1 Å². The van der Waals surface area contributed by atoms with Crippen molar-refractivity contribution in [3.63, 3.8) is 0 Å². The number of aromatic amines is 1. The van der Waals surface area contributed by atoms with Gasteiger partial charge in [0.15, 0.2) is 11.2 Å². The fraction of sp³-hybridized carbons (Fsp3) is 0.583. The third-order valence-corrected chi connectivity index (χ3v) is 4.38. The van der Waals surface area contributed by atoms with Gasteiger partial charge in [0.1, 0.15) is 0 Å². The van der Waals surface area contributed by atoms with Crippen molar-refractivity contribution in [1.29, 1.82) is 0 Å². The van der Waals surface area contributed by atoms with Crippen LogP contribution in [0.2, 0.25) is 0 Å². The Balaban J connectivity index is 2.30. The number of aromatic nitrogens is 4. The molecule has 8 heteroatoms. The van der Waals surface area contributed by atoms with Gasteiger partial charge in [0.05, 0.1) is 0 Å². The Morgan fingerprint density at radius 1 is 1.35 bits per heavy atom. The zero-order valence-electron chi connectivity index (χ0n) is 12.1. The first-order valence-corrected chi connectivity index (χ1v) is 7.67. The molecule has 0 aromatic carbocycles. The zero-order valence-corrected chi connectivity index (χ0v) is 12.9. The number of rotatable bonds is 5. The van der Waals surface area contributed by atoms with E-state index in [1.165, 1.54) is 11.6 Å². The lowest BCUT2D eigenvalue weighted by Crippen LogP contribution is -2.36. The summed E-state index contributed by atoms with van der Waals surface area (Å²) >= 11 is 1.80. The lowest BCUT2D eigenvalue weighted by molar-refractivity contribution is 0.709. The minimum Gasteiger partial charge on any atom is -0.356 e. The maximum absolute atomic E-state index is 12.0. The van der Waals surface area contributed by atoms with E-state index in [2.05, 4.69) is 28.5 Å². The Bertz CT molecular complexity index is 730. The van der Waals surface area contributed by atoms with Gasteiger partial charge < -0.3 is 10.3 Å². The third-order valence-electron chi connectivity index (χ3n) is 3.34. The fourth-order valence-electron chi connectivity index (χ4n) is 1.92. The van der Waals surface area contributed by atoms with E-state index in [1.807, 2.05) is 0 Å². The molecule has 1 atom stereocenters. The van der Waals surface area contributed by atoms with Crippen LogP contribution in [0.4, 0.5) is 5.95 Å². The maximum Gasteiger partial charge on any atom is 0.332 e. The van der Waals surface area contributed by atoms with E-state index in [9.17, 15) is 9.59 Å². The van der Waals surface area contributed by atoms with Crippen molar-refractivity contribution in [1.82, 2.24) is 19.1 Å². The summed E-state index contributed by atoms with van der Waals surface area (Å²) in [5.74, 6) is 0.520. The molecular formula is C12H19N5O2S. The molecular weight excluding hydrogens is 278 g/mol. The lowest BCUT2D eigenvalue weighted by atomic mass is 10.3. The van der Waals surface area contributed by atoms with Crippen LogP contribution in [0.15, 0.2) is 9.59 Å². The standard InChI is InChI=1S/C12H19N5O2S/c1-7(20-4)5-6-13-11-14-8-9(15-11)16(2)12(19)17(3)10(8)18/h7H,5-6H2,1-4H3,(H2,13,14,15). The van der Waals surface area contributed by atoms with Crippen LogP contribution in [0.5, 0.6) is 0 Å².